The number of carbonyl (C=O) groups is 3. The summed E-state index contributed by atoms with van der Waals surface area (Å²) in [5.41, 5.74) is 0. The SMILES string of the molecule is CC/C=C\C/C=C\C/C=C\C/C=C\CCCCCCCCCCCCC(=O)OCC(COC(=O)CCCCCCCCC/C=C\C/C=C\CCCCC)OC(=O)CCCCCCCCCCC/C=C\C/C=C\CCCCC. The van der Waals surface area contributed by atoms with Crippen molar-refractivity contribution >= 4 is 17.9 Å². The summed E-state index contributed by atoms with van der Waals surface area (Å²) in [6.45, 7) is 6.50. The molecular formula is C71H122O6. The van der Waals surface area contributed by atoms with E-state index in [0.29, 0.717) is 19.3 Å². The third-order valence-corrected chi connectivity index (χ3v) is 14.0. The average Bonchev–Trinajstić information content (AvgIpc) is 3.43. The Morgan fingerprint density at radius 2 is 0.506 bits per heavy atom. The fourth-order valence-corrected chi connectivity index (χ4v) is 9.14. The van der Waals surface area contributed by atoms with Crippen molar-refractivity contribution in [1.82, 2.24) is 0 Å². The summed E-state index contributed by atoms with van der Waals surface area (Å²) in [4.78, 5) is 38.4. The number of esters is 3. The second-order valence-electron chi connectivity index (χ2n) is 21.6. The summed E-state index contributed by atoms with van der Waals surface area (Å²) in [6.07, 6.45) is 86.9. The van der Waals surface area contributed by atoms with Crippen LogP contribution in [0, 0.1) is 0 Å². The van der Waals surface area contributed by atoms with Gasteiger partial charge in [0.25, 0.3) is 0 Å². The molecule has 0 aromatic rings. The predicted octanol–water partition coefficient (Wildman–Crippen LogP) is 22.4. The molecule has 6 nitrogen and oxygen atoms in total. The highest BCUT2D eigenvalue weighted by Crippen LogP contribution is 2.16. The maximum absolute atomic E-state index is 12.9. The number of carbonyl (C=O) groups excluding carboxylic acids is 3. The molecule has 0 aliphatic heterocycles. The van der Waals surface area contributed by atoms with Gasteiger partial charge in [-0.3, -0.25) is 14.4 Å². The number of hydrogen-bond donors (Lipinski definition) is 0. The lowest BCUT2D eigenvalue weighted by Crippen LogP contribution is -2.30. The zero-order chi connectivity index (χ0) is 55.7. The van der Waals surface area contributed by atoms with E-state index in [9.17, 15) is 14.4 Å². The van der Waals surface area contributed by atoms with Crippen molar-refractivity contribution in [1.29, 1.82) is 0 Å². The van der Waals surface area contributed by atoms with Crippen LogP contribution in [-0.2, 0) is 28.6 Å². The molecule has 0 spiro atoms. The monoisotopic (exact) mass is 1070 g/mol. The molecule has 1 atom stereocenters. The van der Waals surface area contributed by atoms with Crippen LogP contribution >= 0.6 is 0 Å². The molecule has 0 saturated heterocycles. The molecule has 0 saturated carbocycles. The van der Waals surface area contributed by atoms with E-state index in [4.69, 9.17) is 14.2 Å². The van der Waals surface area contributed by atoms with E-state index in [1.807, 2.05) is 0 Å². The van der Waals surface area contributed by atoms with Gasteiger partial charge in [-0.25, -0.2) is 0 Å². The van der Waals surface area contributed by atoms with Crippen LogP contribution in [0.1, 0.15) is 316 Å². The Morgan fingerprint density at radius 1 is 0.273 bits per heavy atom. The molecule has 0 amide bonds. The van der Waals surface area contributed by atoms with Crippen molar-refractivity contribution in [3.8, 4) is 0 Å². The van der Waals surface area contributed by atoms with Gasteiger partial charge in [-0.1, -0.05) is 272 Å². The fraction of sp³-hybridized carbons (Fsp3) is 0.732. The molecule has 1 unspecified atom stereocenters. The van der Waals surface area contributed by atoms with E-state index in [0.717, 1.165) is 103 Å². The lowest BCUT2D eigenvalue weighted by molar-refractivity contribution is -0.167. The van der Waals surface area contributed by atoms with E-state index in [1.54, 1.807) is 0 Å². The molecule has 0 radical (unpaired) electrons. The van der Waals surface area contributed by atoms with Crippen LogP contribution in [0.2, 0.25) is 0 Å². The molecule has 0 aromatic heterocycles. The van der Waals surface area contributed by atoms with Crippen LogP contribution in [-0.4, -0.2) is 37.2 Å². The number of unbranched alkanes of at least 4 members (excludes halogenated alkanes) is 32. The van der Waals surface area contributed by atoms with Crippen molar-refractivity contribution in [3.63, 3.8) is 0 Å². The number of hydrogen-bond acceptors (Lipinski definition) is 6. The quantitative estimate of drug-likeness (QED) is 0.0261. The first-order valence-corrected chi connectivity index (χ1v) is 32.7. The molecule has 0 aromatic carbocycles. The third-order valence-electron chi connectivity index (χ3n) is 14.0. The molecule has 77 heavy (non-hydrogen) atoms. The molecule has 0 bridgehead atoms. The van der Waals surface area contributed by atoms with Gasteiger partial charge in [0.15, 0.2) is 6.10 Å². The van der Waals surface area contributed by atoms with Crippen LogP contribution in [0.3, 0.4) is 0 Å². The molecule has 0 aliphatic rings. The van der Waals surface area contributed by atoms with Gasteiger partial charge in [0.1, 0.15) is 13.2 Å². The van der Waals surface area contributed by atoms with Crippen LogP contribution in [0.5, 0.6) is 0 Å². The molecule has 0 fully saturated rings. The summed E-state index contributed by atoms with van der Waals surface area (Å²) in [6, 6.07) is 0. The summed E-state index contributed by atoms with van der Waals surface area (Å²) in [7, 11) is 0. The van der Waals surface area contributed by atoms with Crippen LogP contribution in [0.25, 0.3) is 0 Å². The smallest absolute Gasteiger partial charge is 0.306 e. The van der Waals surface area contributed by atoms with E-state index < -0.39 is 6.10 Å². The lowest BCUT2D eigenvalue weighted by Gasteiger charge is -2.18. The minimum atomic E-state index is -0.787. The number of ether oxygens (including phenoxy) is 3. The van der Waals surface area contributed by atoms with Gasteiger partial charge in [0.2, 0.25) is 0 Å². The van der Waals surface area contributed by atoms with Crippen molar-refractivity contribution < 1.29 is 28.6 Å². The highest BCUT2D eigenvalue weighted by Gasteiger charge is 2.19. The molecule has 442 valence electrons. The van der Waals surface area contributed by atoms with Crippen molar-refractivity contribution in [2.24, 2.45) is 0 Å². The Bertz CT molecular complexity index is 1510. The van der Waals surface area contributed by atoms with Gasteiger partial charge >= 0.3 is 17.9 Å². The Hall–Kier alpha value is -3.67. The van der Waals surface area contributed by atoms with Gasteiger partial charge in [0.05, 0.1) is 0 Å². The maximum atomic E-state index is 12.9. The normalized spacial score (nSPS) is 12.7. The second-order valence-corrected chi connectivity index (χ2v) is 21.6. The maximum Gasteiger partial charge on any atom is 0.306 e. The summed E-state index contributed by atoms with van der Waals surface area (Å²) < 4.78 is 17.0. The number of allylic oxidation sites excluding steroid dienone is 16. The van der Waals surface area contributed by atoms with Crippen molar-refractivity contribution in [2.45, 2.75) is 322 Å². The predicted molar refractivity (Wildman–Crippen MR) is 334 cm³/mol. The first-order chi connectivity index (χ1) is 38.0. The minimum absolute atomic E-state index is 0.0832. The third kappa shape index (κ3) is 63.0. The van der Waals surface area contributed by atoms with Crippen LogP contribution < -0.4 is 0 Å². The Kier molecular flexibility index (Phi) is 61.8. The minimum Gasteiger partial charge on any atom is -0.462 e. The second kappa shape index (κ2) is 64.9. The molecule has 0 heterocycles. The Morgan fingerprint density at radius 3 is 0.792 bits per heavy atom. The van der Waals surface area contributed by atoms with Gasteiger partial charge in [-0.2, -0.15) is 0 Å². The molecule has 6 heteroatoms. The summed E-state index contributed by atoms with van der Waals surface area (Å²) >= 11 is 0. The first-order valence-electron chi connectivity index (χ1n) is 32.7. The zero-order valence-corrected chi connectivity index (χ0v) is 50.7. The van der Waals surface area contributed by atoms with E-state index in [1.165, 1.54) is 173 Å². The van der Waals surface area contributed by atoms with Crippen molar-refractivity contribution in [2.75, 3.05) is 13.2 Å². The Balaban J connectivity index is 4.39. The topological polar surface area (TPSA) is 78.9 Å². The van der Waals surface area contributed by atoms with Gasteiger partial charge in [-0.15, -0.1) is 0 Å². The standard InChI is InChI=1S/C71H122O6/c1-4-7-10-13-16-19-22-25-28-31-33-34-35-36-38-40-43-46-49-52-55-58-61-64-70(73)76-67-68(66-75-69(72)63-60-57-54-51-48-45-42-39-30-27-24-21-18-15-12-9-6-3)77-71(74)65-62-59-56-53-50-47-44-41-37-32-29-26-23-20-17-14-11-8-5-2/h7,10,16-21,25-30,33-34,68H,4-6,8-9,11-15,22-24,31-32,35-67H2,1-3H3/b10-7-,19-16-,20-17-,21-18-,28-25-,29-26-,30-27-,34-33-. The first kappa shape index (κ1) is 73.3. The van der Waals surface area contributed by atoms with Crippen LogP contribution in [0.15, 0.2) is 97.2 Å². The zero-order valence-electron chi connectivity index (χ0n) is 50.7. The van der Waals surface area contributed by atoms with E-state index in [-0.39, 0.29) is 31.1 Å². The van der Waals surface area contributed by atoms with E-state index in [2.05, 4.69) is 118 Å². The fourth-order valence-electron chi connectivity index (χ4n) is 9.14. The molecule has 0 rings (SSSR count). The average molecular weight is 1070 g/mol. The molecule has 0 N–H and O–H groups in total. The van der Waals surface area contributed by atoms with Crippen LogP contribution in [0.4, 0.5) is 0 Å². The Labute approximate surface area is 477 Å². The molecule has 0 aliphatic carbocycles. The number of rotatable bonds is 59. The van der Waals surface area contributed by atoms with Gasteiger partial charge in [-0.05, 0) is 122 Å². The summed E-state index contributed by atoms with van der Waals surface area (Å²) in [5.74, 6) is -0.887. The lowest BCUT2D eigenvalue weighted by atomic mass is 10.1. The van der Waals surface area contributed by atoms with Crippen molar-refractivity contribution in [3.05, 3.63) is 97.2 Å². The molecular weight excluding hydrogens is 949 g/mol. The van der Waals surface area contributed by atoms with Gasteiger partial charge in [0, 0.05) is 19.3 Å². The summed E-state index contributed by atoms with van der Waals surface area (Å²) in [5, 5.41) is 0. The van der Waals surface area contributed by atoms with E-state index >= 15 is 0 Å². The highest BCUT2D eigenvalue weighted by atomic mass is 16.6. The van der Waals surface area contributed by atoms with Gasteiger partial charge < -0.3 is 14.2 Å². The highest BCUT2D eigenvalue weighted by molar-refractivity contribution is 5.71. The largest absolute Gasteiger partial charge is 0.462 e.